The van der Waals surface area contributed by atoms with Crippen LogP contribution in [-0.2, 0) is 0 Å². The molecular weight excluding hydrogens is 358 g/mol. The number of amides is 1. The number of anilines is 1. The van der Waals surface area contributed by atoms with E-state index in [0.717, 1.165) is 37.5 Å². The van der Waals surface area contributed by atoms with Crippen LogP contribution in [0.4, 0.5) is 5.69 Å². The van der Waals surface area contributed by atoms with Crippen molar-refractivity contribution in [1.82, 2.24) is 10.2 Å². The number of nitrogens with one attached hydrogen (secondary N) is 1. The van der Waals surface area contributed by atoms with Crippen molar-refractivity contribution in [3.63, 3.8) is 0 Å². The number of nitrogens with zero attached hydrogens (tertiary/aromatic N) is 2. The Bertz CT molecular complexity index is 687. The Kier molecular flexibility index (Phi) is 5.55. The summed E-state index contributed by atoms with van der Waals surface area (Å²) >= 11 is 0. The zero-order valence-electron chi connectivity index (χ0n) is 17.9. The van der Waals surface area contributed by atoms with E-state index in [4.69, 9.17) is 0 Å². The van der Waals surface area contributed by atoms with Gasteiger partial charge in [-0.2, -0.15) is 0 Å². The van der Waals surface area contributed by atoms with E-state index in [2.05, 4.69) is 27.2 Å². The summed E-state index contributed by atoms with van der Waals surface area (Å²) in [5, 5.41) is 3.20. The van der Waals surface area contributed by atoms with E-state index in [-0.39, 0.29) is 5.91 Å². The second kappa shape index (κ2) is 8.29. The summed E-state index contributed by atoms with van der Waals surface area (Å²) in [6.45, 7) is 4.99. The molecule has 1 aromatic rings. The Hall–Kier alpha value is -1.55. The molecule has 1 amide bonds. The number of rotatable bonds is 4. The van der Waals surface area contributed by atoms with Gasteiger partial charge in [-0.3, -0.25) is 4.79 Å². The van der Waals surface area contributed by atoms with Crippen molar-refractivity contribution < 1.29 is 4.79 Å². The quantitative estimate of drug-likeness (QED) is 0.810. The molecule has 0 unspecified atom stereocenters. The smallest absolute Gasteiger partial charge is 0.251 e. The van der Waals surface area contributed by atoms with Crippen LogP contribution in [0.25, 0.3) is 0 Å². The molecule has 29 heavy (non-hydrogen) atoms. The molecule has 4 fully saturated rings. The highest BCUT2D eigenvalue weighted by atomic mass is 16.1. The zero-order chi connectivity index (χ0) is 19.7. The molecule has 2 aliphatic carbocycles. The number of hydrogen-bond donors (Lipinski definition) is 1. The van der Waals surface area contributed by atoms with Crippen LogP contribution in [0.5, 0.6) is 0 Å². The summed E-state index contributed by atoms with van der Waals surface area (Å²) in [7, 11) is 0. The maximum absolute atomic E-state index is 12.5. The monoisotopic (exact) mass is 395 g/mol. The Morgan fingerprint density at radius 1 is 0.828 bits per heavy atom. The number of carbonyl (C=O) groups is 1. The lowest BCUT2D eigenvalue weighted by atomic mass is 9.70. The normalized spacial score (nSPS) is 25.9. The van der Waals surface area contributed by atoms with Crippen molar-refractivity contribution in [1.29, 1.82) is 0 Å². The molecule has 4 heteroatoms. The van der Waals surface area contributed by atoms with Gasteiger partial charge in [-0.15, -0.1) is 0 Å². The third kappa shape index (κ3) is 4.19. The van der Waals surface area contributed by atoms with Gasteiger partial charge in [0.2, 0.25) is 0 Å². The van der Waals surface area contributed by atoms with Crippen LogP contribution in [0.3, 0.4) is 0 Å². The minimum absolute atomic E-state index is 0.0965. The predicted molar refractivity (Wildman–Crippen MR) is 118 cm³/mol. The Morgan fingerprint density at radius 2 is 1.45 bits per heavy atom. The van der Waals surface area contributed by atoms with Crippen LogP contribution < -0.4 is 10.2 Å². The molecule has 2 saturated carbocycles. The van der Waals surface area contributed by atoms with Crippen LogP contribution in [0, 0.1) is 5.41 Å². The molecule has 0 radical (unpaired) electrons. The van der Waals surface area contributed by atoms with E-state index in [9.17, 15) is 4.79 Å². The first-order valence-corrected chi connectivity index (χ1v) is 12.1. The van der Waals surface area contributed by atoms with Crippen LogP contribution >= 0.6 is 0 Å². The first-order valence-electron chi connectivity index (χ1n) is 12.1. The number of benzene rings is 1. The van der Waals surface area contributed by atoms with Crippen LogP contribution in [-0.4, -0.2) is 49.1 Å². The highest BCUT2D eigenvalue weighted by molar-refractivity contribution is 5.94. The van der Waals surface area contributed by atoms with Gasteiger partial charge in [-0.25, -0.2) is 0 Å². The van der Waals surface area contributed by atoms with Crippen molar-refractivity contribution in [3.05, 3.63) is 29.8 Å². The lowest BCUT2D eigenvalue weighted by Crippen LogP contribution is -2.50. The average molecular weight is 396 g/mol. The predicted octanol–water partition coefficient (Wildman–Crippen LogP) is 4.59. The molecule has 4 aliphatic rings. The van der Waals surface area contributed by atoms with Gasteiger partial charge in [0.15, 0.2) is 0 Å². The number of piperidine rings is 2. The summed E-state index contributed by atoms with van der Waals surface area (Å²) in [5.41, 5.74) is 2.68. The highest BCUT2D eigenvalue weighted by Gasteiger charge is 2.39. The van der Waals surface area contributed by atoms with E-state index >= 15 is 0 Å². The van der Waals surface area contributed by atoms with Crippen molar-refractivity contribution in [2.24, 2.45) is 5.41 Å². The molecule has 1 aromatic carbocycles. The van der Waals surface area contributed by atoms with E-state index in [1.165, 1.54) is 76.6 Å². The maximum Gasteiger partial charge on any atom is 0.251 e. The lowest BCUT2D eigenvalue weighted by molar-refractivity contribution is 0.0306. The zero-order valence-corrected chi connectivity index (χ0v) is 17.9. The van der Waals surface area contributed by atoms with Gasteiger partial charge in [-0.05, 0) is 94.1 Å². The minimum Gasteiger partial charge on any atom is -0.371 e. The second-order valence-corrected chi connectivity index (χ2v) is 10.1. The maximum atomic E-state index is 12.5. The number of hydrogen-bond acceptors (Lipinski definition) is 3. The fourth-order valence-electron chi connectivity index (χ4n) is 6.02. The van der Waals surface area contributed by atoms with Gasteiger partial charge in [0, 0.05) is 36.4 Å². The molecule has 2 saturated heterocycles. The van der Waals surface area contributed by atoms with Crippen molar-refractivity contribution >= 4 is 11.6 Å². The van der Waals surface area contributed by atoms with Gasteiger partial charge >= 0.3 is 0 Å². The molecule has 4 nitrogen and oxygen atoms in total. The molecule has 2 heterocycles. The van der Waals surface area contributed by atoms with Gasteiger partial charge in [0.25, 0.3) is 5.91 Å². The van der Waals surface area contributed by atoms with Crippen LogP contribution in [0.2, 0.25) is 0 Å². The molecule has 1 spiro atoms. The molecular formula is C25H37N3O. The van der Waals surface area contributed by atoms with Crippen LogP contribution in [0.1, 0.15) is 81.0 Å². The van der Waals surface area contributed by atoms with E-state index in [1.54, 1.807) is 0 Å². The summed E-state index contributed by atoms with van der Waals surface area (Å²) in [5.74, 6) is 0.0965. The standard InChI is InChI=1S/C25H37N3O/c29-24(26-21-4-1-2-5-21)20-8-10-23(11-9-20)28-18-14-25(15-19-28)12-16-27(17-13-25)22-6-3-7-22/h8-11,21-22H,1-7,12-19H2,(H,26,29). The van der Waals surface area contributed by atoms with E-state index < -0.39 is 0 Å². The van der Waals surface area contributed by atoms with E-state index in [1.807, 2.05) is 12.1 Å². The highest BCUT2D eigenvalue weighted by Crippen LogP contribution is 2.43. The van der Waals surface area contributed by atoms with Crippen molar-refractivity contribution in [2.45, 2.75) is 82.7 Å². The summed E-state index contributed by atoms with van der Waals surface area (Å²) < 4.78 is 0. The summed E-state index contributed by atoms with van der Waals surface area (Å²) in [6, 6.07) is 9.64. The van der Waals surface area contributed by atoms with Crippen LogP contribution in [0.15, 0.2) is 24.3 Å². The Labute approximate surface area is 176 Å². The Balaban J connectivity index is 1.12. The summed E-state index contributed by atoms with van der Waals surface area (Å²) in [4.78, 5) is 17.8. The SMILES string of the molecule is O=C(NC1CCCC1)c1ccc(N2CCC3(CC2)CCN(C2CCC2)CC3)cc1. The molecule has 2 aliphatic heterocycles. The third-order valence-corrected chi connectivity index (χ3v) is 8.46. The van der Waals surface area contributed by atoms with Crippen molar-refractivity contribution in [2.75, 3.05) is 31.1 Å². The lowest BCUT2D eigenvalue weighted by Gasteiger charge is -2.50. The topological polar surface area (TPSA) is 35.6 Å². The second-order valence-electron chi connectivity index (χ2n) is 10.1. The summed E-state index contributed by atoms with van der Waals surface area (Å²) in [6.07, 6.45) is 14.6. The molecule has 158 valence electrons. The third-order valence-electron chi connectivity index (χ3n) is 8.46. The number of carbonyl (C=O) groups excluding carboxylic acids is 1. The fraction of sp³-hybridized carbons (Fsp3) is 0.720. The Morgan fingerprint density at radius 3 is 2.03 bits per heavy atom. The minimum atomic E-state index is 0.0965. The first-order chi connectivity index (χ1) is 14.2. The largest absolute Gasteiger partial charge is 0.371 e. The molecule has 0 aromatic heterocycles. The van der Waals surface area contributed by atoms with Gasteiger partial charge < -0.3 is 15.1 Å². The van der Waals surface area contributed by atoms with Gasteiger partial charge in [0.1, 0.15) is 0 Å². The average Bonchev–Trinajstić information content (AvgIpc) is 3.22. The van der Waals surface area contributed by atoms with E-state index in [0.29, 0.717) is 11.5 Å². The molecule has 1 N–H and O–H groups in total. The molecule has 5 rings (SSSR count). The first kappa shape index (κ1) is 19.4. The van der Waals surface area contributed by atoms with Crippen molar-refractivity contribution in [3.8, 4) is 0 Å². The van der Waals surface area contributed by atoms with Gasteiger partial charge in [0.05, 0.1) is 0 Å². The van der Waals surface area contributed by atoms with Gasteiger partial charge in [-0.1, -0.05) is 19.3 Å². The fourth-order valence-corrected chi connectivity index (χ4v) is 6.02. The molecule has 0 atom stereocenters. The molecule has 0 bridgehead atoms. The number of likely N-dealkylation sites (tertiary alicyclic amines) is 1.